The van der Waals surface area contributed by atoms with Gasteiger partial charge in [0.15, 0.2) is 5.82 Å². The van der Waals surface area contributed by atoms with Gasteiger partial charge in [0.25, 0.3) is 5.91 Å². The normalized spacial score (nSPS) is 16.2. The van der Waals surface area contributed by atoms with Crippen LogP contribution in [0.5, 0.6) is 0 Å². The first-order chi connectivity index (χ1) is 21.0. The summed E-state index contributed by atoms with van der Waals surface area (Å²) in [6.45, 7) is 11.5. The van der Waals surface area contributed by atoms with Crippen LogP contribution in [-0.2, 0) is 19.1 Å². The Morgan fingerprint density at radius 3 is 2.25 bits per heavy atom. The van der Waals surface area contributed by atoms with Crippen LogP contribution in [0.3, 0.4) is 0 Å². The molecular weight excluding hydrogens is 566 g/mol. The van der Waals surface area contributed by atoms with Crippen LogP contribution in [0.15, 0.2) is 36.4 Å². The van der Waals surface area contributed by atoms with Gasteiger partial charge < -0.3 is 34.8 Å². The molecule has 2 aliphatic rings. The molecule has 2 N–H and O–H groups in total. The lowest BCUT2D eigenvalue weighted by atomic mass is 10.1. The van der Waals surface area contributed by atoms with Crippen molar-refractivity contribution in [1.82, 2.24) is 30.4 Å². The highest BCUT2D eigenvalue weighted by atomic mass is 16.6. The number of carbonyl (C=O) groups is 4. The van der Waals surface area contributed by atoms with Gasteiger partial charge in [-0.1, -0.05) is 30.3 Å². The molecular formula is C31H43N7O6. The number of amides is 3. The lowest BCUT2D eigenvalue weighted by Crippen LogP contribution is -2.56. The predicted molar refractivity (Wildman–Crippen MR) is 164 cm³/mol. The van der Waals surface area contributed by atoms with Crippen LogP contribution in [0.25, 0.3) is 11.4 Å². The van der Waals surface area contributed by atoms with Crippen LogP contribution >= 0.6 is 0 Å². The Labute approximate surface area is 258 Å². The van der Waals surface area contributed by atoms with Crippen molar-refractivity contribution in [3.63, 3.8) is 0 Å². The molecule has 0 radical (unpaired) electrons. The summed E-state index contributed by atoms with van der Waals surface area (Å²) in [7, 11) is 0. The molecule has 4 rings (SSSR count). The minimum absolute atomic E-state index is 0.0405. The number of nitrogens with one attached hydrogen (secondary N) is 2. The maximum Gasteiger partial charge on any atom is 0.409 e. The molecule has 3 heterocycles. The molecule has 0 bridgehead atoms. The third-order valence-corrected chi connectivity index (χ3v) is 7.20. The minimum Gasteiger partial charge on any atom is -0.460 e. The third kappa shape index (κ3) is 9.12. The Kier molecular flexibility index (Phi) is 11.1. The van der Waals surface area contributed by atoms with Gasteiger partial charge in [0.2, 0.25) is 5.91 Å². The molecule has 238 valence electrons. The second-order valence-electron chi connectivity index (χ2n) is 11.7. The maximum atomic E-state index is 13.8. The third-order valence-electron chi connectivity index (χ3n) is 7.20. The second kappa shape index (κ2) is 15.0. The quantitative estimate of drug-likeness (QED) is 0.405. The number of aromatic nitrogens is 2. The summed E-state index contributed by atoms with van der Waals surface area (Å²) in [5.41, 5.74) is 0.198. The van der Waals surface area contributed by atoms with Crippen molar-refractivity contribution in [1.29, 1.82) is 0 Å². The van der Waals surface area contributed by atoms with Crippen LogP contribution in [0.1, 0.15) is 51.0 Å². The lowest BCUT2D eigenvalue weighted by molar-refractivity contribution is -0.155. The fourth-order valence-corrected chi connectivity index (χ4v) is 5.01. The monoisotopic (exact) mass is 609 g/mol. The van der Waals surface area contributed by atoms with Gasteiger partial charge in [-0.05, 0) is 34.1 Å². The van der Waals surface area contributed by atoms with E-state index in [1.165, 1.54) is 0 Å². The smallest absolute Gasteiger partial charge is 0.409 e. The van der Waals surface area contributed by atoms with Crippen molar-refractivity contribution in [3.05, 3.63) is 42.1 Å². The van der Waals surface area contributed by atoms with E-state index in [2.05, 4.69) is 20.5 Å². The number of benzene rings is 1. The van der Waals surface area contributed by atoms with Crippen molar-refractivity contribution in [3.8, 4) is 11.4 Å². The first-order valence-corrected chi connectivity index (χ1v) is 15.2. The number of nitrogens with zero attached hydrogens (tertiary/aromatic N) is 5. The summed E-state index contributed by atoms with van der Waals surface area (Å²) in [5.74, 6) is -0.333. The largest absolute Gasteiger partial charge is 0.460 e. The molecule has 1 aromatic carbocycles. The molecule has 2 aromatic rings. The first kappa shape index (κ1) is 32.6. The summed E-state index contributed by atoms with van der Waals surface area (Å²) in [5, 5.41) is 6.16. The van der Waals surface area contributed by atoms with Gasteiger partial charge in [-0.25, -0.2) is 14.8 Å². The van der Waals surface area contributed by atoms with Crippen LogP contribution in [0, 0.1) is 0 Å². The van der Waals surface area contributed by atoms with E-state index in [4.69, 9.17) is 14.5 Å². The van der Waals surface area contributed by atoms with Gasteiger partial charge in [-0.2, -0.15) is 0 Å². The molecule has 1 unspecified atom stereocenters. The van der Waals surface area contributed by atoms with Gasteiger partial charge >= 0.3 is 12.1 Å². The van der Waals surface area contributed by atoms with Crippen LogP contribution in [0.4, 0.5) is 10.6 Å². The van der Waals surface area contributed by atoms with E-state index in [9.17, 15) is 19.2 Å². The van der Waals surface area contributed by atoms with E-state index in [1.54, 1.807) is 43.6 Å². The molecule has 0 aliphatic carbocycles. The van der Waals surface area contributed by atoms with E-state index in [-0.39, 0.29) is 44.1 Å². The summed E-state index contributed by atoms with van der Waals surface area (Å²) in [6, 6.07) is 10.0. The minimum atomic E-state index is -1.01. The number of carbonyl (C=O) groups excluding carboxylic acids is 4. The van der Waals surface area contributed by atoms with Crippen molar-refractivity contribution in [2.75, 3.05) is 63.9 Å². The van der Waals surface area contributed by atoms with Gasteiger partial charge in [-0.3, -0.25) is 14.4 Å². The number of esters is 1. The summed E-state index contributed by atoms with van der Waals surface area (Å²) in [4.78, 5) is 66.8. The number of hydrogen-bond donors (Lipinski definition) is 2. The van der Waals surface area contributed by atoms with Crippen molar-refractivity contribution >= 4 is 29.7 Å². The zero-order chi connectivity index (χ0) is 31.7. The highest BCUT2D eigenvalue weighted by Gasteiger charge is 2.32. The highest BCUT2D eigenvalue weighted by Crippen LogP contribution is 2.21. The Balaban J connectivity index is 1.56. The van der Waals surface area contributed by atoms with Crippen LogP contribution in [0.2, 0.25) is 0 Å². The van der Waals surface area contributed by atoms with E-state index < -0.39 is 29.6 Å². The number of ether oxygens (including phenoxy) is 2. The Bertz CT molecular complexity index is 1300. The van der Waals surface area contributed by atoms with E-state index in [1.807, 2.05) is 30.3 Å². The van der Waals surface area contributed by atoms with E-state index in [0.29, 0.717) is 24.7 Å². The standard InChI is InChI=1S/C31H43N7O6/c1-5-43-30(42)38-19-17-37(18-20-38)29(41)23(11-12-26(39)44-31(2,3)4)34-28(40)24-21-25(36-15-13-32-14-16-36)35-27(33-24)22-9-7-6-8-10-22/h6-10,21,23,32H,5,11-20H2,1-4H3,(H,34,40). The number of hydrogen-bond acceptors (Lipinski definition) is 10. The Morgan fingerprint density at radius 1 is 0.955 bits per heavy atom. The van der Waals surface area contributed by atoms with E-state index in [0.717, 1.165) is 31.7 Å². The topological polar surface area (TPSA) is 146 Å². The van der Waals surface area contributed by atoms with Gasteiger partial charge in [0, 0.05) is 70.4 Å². The zero-order valence-electron chi connectivity index (χ0n) is 26.0. The number of rotatable bonds is 9. The molecule has 1 aromatic heterocycles. The van der Waals surface area contributed by atoms with Gasteiger partial charge in [0.1, 0.15) is 23.2 Å². The molecule has 0 spiro atoms. The second-order valence-corrected chi connectivity index (χ2v) is 11.7. The summed E-state index contributed by atoms with van der Waals surface area (Å²) in [6.07, 6.45) is -0.451. The molecule has 2 aliphatic heterocycles. The van der Waals surface area contributed by atoms with Gasteiger partial charge in [0.05, 0.1) is 6.61 Å². The summed E-state index contributed by atoms with van der Waals surface area (Å²) >= 11 is 0. The lowest BCUT2D eigenvalue weighted by Gasteiger charge is -2.36. The Morgan fingerprint density at radius 2 is 1.61 bits per heavy atom. The van der Waals surface area contributed by atoms with Crippen molar-refractivity contribution < 1.29 is 28.7 Å². The molecule has 0 saturated carbocycles. The first-order valence-electron chi connectivity index (χ1n) is 15.2. The van der Waals surface area contributed by atoms with Crippen LogP contribution in [-0.4, -0.2) is 114 Å². The maximum absolute atomic E-state index is 13.8. The van der Waals surface area contributed by atoms with Crippen LogP contribution < -0.4 is 15.5 Å². The molecule has 2 fully saturated rings. The SMILES string of the molecule is CCOC(=O)N1CCN(C(=O)C(CCC(=O)OC(C)(C)C)NC(=O)c2cc(N3CCNCC3)nc(-c3ccccc3)n2)CC1. The fourth-order valence-electron chi connectivity index (χ4n) is 5.01. The molecule has 13 heteroatoms. The Hall–Kier alpha value is -4.26. The number of piperazine rings is 2. The van der Waals surface area contributed by atoms with Crippen molar-refractivity contribution in [2.45, 2.75) is 52.2 Å². The van der Waals surface area contributed by atoms with E-state index >= 15 is 0 Å². The molecule has 1 atom stereocenters. The highest BCUT2D eigenvalue weighted by molar-refractivity contribution is 5.97. The van der Waals surface area contributed by atoms with Crippen molar-refractivity contribution in [2.24, 2.45) is 0 Å². The fraction of sp³-hybridized carbons (Fsp3) is 0.548. The average molecular weight is 610 g/mol. The summed E-state index contributed by atoms with van der Waals surface area (Å²) < 4.78 is 10.5. The molecule has 13 nitrogen and oxygen atoms in total. The number of anilines is 1. The zero-order valence-corrected chi connectivity index (χ0v) is 26.0. The predicted octanol–water partition coefficient (Wildman–Crippen LogP) is 2.07. The molecule has 3 amide bonds. The molecule has 2 saturated heterocycles. The average Bonchev–Trinajstić information content (AvgIpc) is 3.02. The van der Waals surface area contributed by atoms with Gasteiger partial charge in [-0.15, -0.1) is 0 Å². The molecule has 44 heavy (non-hydrogen) atoms.